The molecule has 0 bridgehead atoms. The molecule has 0 unspecified atom stereocenters. The molecule has 0 saturated carbocycles. The number of ether oxygens (including phenoxy) is 1. The average molecular weight is 385 g/mol. The van der Waals surface area contributed by atoms with Crippen LogP contribution in [0.25, 0.3) is 11.1 Å². The van der Waals surface area contributed by atoms with Gasteiger partial charge in [0.2, 0.25) is 10.0 Å². The first-order chi connectivity index (χ1) is 11.9. The molecule has 4 nitrogen and oxygen atoms in total. The van der Waals surface area contributed by atoms with Crippen LogP contribution in [0.4, 0.5) is 18.9 Å². The normalized spacial score (nSPS) is 16.8. The molecule has 0 amide bonds. The largest absolute Gasteiger partial charge is 0.484 e. The van der Waals surface area contributed by atoms with E-state index in [1.165, 1.54) is 16.4 Å². The van der Waals surface area contributed by atoms with Gasteiger partial charge >= 0.3 is 6.18 Å². The predicted octanol–water partition coefficient (Wildman–Crippen LogP) is 4.31. The Morgan fingerprint density at radius 3 is 2.15 bits per heavy atom. The summed E-state index contributed by atoms with van der Waals surface area (Å²) in [5.41, 5.74) is 0.194. The zero-order valence-corrected chi connectivity index (χ0v) is 15.3. The number of sulfonamides is 1. The van der Waals surface area contributed by atoms with Crippen LogP contribution < -0.4 is 9.04 Å². The van der Waals surface area contributed by atoms with Gasteiger partial charge in [0.1, 0.15) is 11.4 Å². The van der Waals surface area contributed by atoms with E-state index in [4.69, 9.17) is 4.74 Å². The van der Waals surface area contributed by atoms with Crippen LogP contribution in [0.15, 0.2) is 42.5 Å². The topological polar surface area (TPSA) is 46.6 Å². The highest BCUT2D eigenvalue weighted by molar-refractivity contribution is 7.92. The van der Waals surface area contributed by atoms with Gasteiger partial charge in [0.25, 0.3) is 0 Å². The van der Waals surface area contributed by atoms with Crippen molar-refractivity contribution in [3.8, 4) is 16.9 Å². The number of hydrogen-bond donors (Lipinski definition) is 0. The van der Waals surface area contributed by atoms with Gasteiger partial charge in [0.05, 0.1) is 24.1 Å². The second-order valence-electron chi connectivity index (χ2n) is 6.89. The molecule has 0 radical (unpaired) electrons. The Morgan fingerprint density at radius 1 is 1.04 bits per heavy atom. The number of benzene rings is 2. The zero-order valence-electron chi connectivity index (χ0n) is 14.5. The molecular weight excluding hydrogens is 367 g/mol. The Morgan fingerprint density at radius 2 is 1.62 bits per heavy atom. The second kappa shape index (κ2) is 5.90. The number of nitrogens with zero attached hydrogens (tertiary/aromatic N) is 1. The quantitative estimate of drug-likeness (QED) is 0.774. The molecule has 2 aromatic rings. The third-order valence-corrected chi connectivity index (χ3v) is 5.21. The summed E-state index contributed by atoms with van der Waals surface area (Å²) in [5, 5.41) is 0. The minimum absolute atomic E-state index is 0.179. The van der Waals surface area contributed by atoms with E-state index in [2.05, 4.69) is 0 Å². The molecule has 0 saturated heterocycles. The van der Waals surface area contributed by atoms with Gasteiger partial charge in [-0.2, -0.15) is 13.2 Å². The summed E-state index contributed by atoms with van der Waals surface area (Å²) < 4.78 is 69.5. The van der Waals surface area contributed by atoms with Crippen molar-refractivity contribution in [1.82, 2.24) is 0 Å². The second-order valence-corrected chi connectivity index (χ2v) is 8.80. The fraction of sp³-hybridized carbons (Fsp3) is 0.333. The van der Waals surface area contributed by atoms with Crippen LogP contribution in [-0.4, -0.2) is 26.8 Å². The first-order valence-electron chi connectivity index (χ1n) is 7.85. The monoisotopic (exact) mass is 385 g/mol. The fourth-order valence-electron chi connectivity index (χ4n) is 2.89. The highest BCUT2D eigenvalue weighted by Gasteiger charge is 2.36. The Bertz CT molecular complexity index is 935. The minimum Gasteiger partial charge on any atom is -0.484 e. The molecule has 0 N–H and O–H groups in total. The zero-order chi connectivity index (χ0) is 19.3. The van der Waals surface area contributed by atoms with Gasteiger partial charge in [-0.3, -0.25) is 4.31 Å². The molecular formula is C18H18F3NO3S. The molecule has 0 aromatic heterocycles. The molecule has 8 heteroatoms. The van der Waals surface area contributed by atoms with Crippen LogP contribution >= 0.6 is 0 Å². The number of halogens is 3. The summed E-state index contributed by atoms with van der Waals surface area (Å²) in [7, 11) is -3.48. The summed E-state index contributed by atoms with van der Waals surface area (Å²) in [4.78, 5) is 0. The van der Waals surface area contributed by atoms with Crippen LogP contribution in [0, 0.1) is 0 Å². The van der Waals surface area contributed by atoms with Crippen LogP contribution in [0.5, 0.6) is 5.75 Å². The lowest BCUT2D eigenvalue weighted by atomic mass is 10.0. The van der Waals surface area contributed by atoms with Crippen LogP contribution in [0.2, 0.25) is 0 Å². The van der Waals surface area contributed by atoms with E-state index in [9.17, 15) is 21.6 Å². The highest BCUT2D eigenvalue weighted by atomic mass is 32.2. The molecule has 0 atom stereocenters. The molecule has 1 aliphatic heterocycles. The number of hydrogen-bond acceptors (Lipinski definition) is 3. The van der Waals surface area contributed by atoms with Crippen molar-refractivity contribution in [3.05, 3.63) is 48.0 Å². The van der Waals surface area contributed by atoms with E-state index in [1.54, 1.807) is 32.0 Å². The first kappa shape index (κ1) is 18.6. The summed E-state index contributed by atoms with van der Waals surface area (Å²) in [5.74, 6) is 0.379. The number of alkyl halides is 3. The highest BCUT2D eigenvalue weighted by Crippen LogP contribution is 2.41. The molecule has 26 heavy (non-hydrogen) atoms. The lowest BCUT2D eigenvalue weighted by Crippen LogP contribution is -2.48. The van der Waals surface area contributed by atoms with Crippen molar-refractivity contribution < 1.29 is 26.3 Å². The Balaban J connectivity index is 2.03. The van der Waals surface area contributed by atoms with Gasteiger partial charge in [0, 0.05) is 0 Å². The Hall–Kier alpha value is -2.22. The van der Waals surface area contributed by atoms with Crippen molar-refractivity contribution in [2.45, 2.75) is 25.6 Å². The molecule has 0 fully saturated rings. The van der Waals surface area contributed by atoms with Crippen molar-refractivity contribution in [2.24, 2.45) is 0 Å². The van der Waals surface area contributed by atoms with E-state index < -0.39 is 27.4 Å². The summed E-state index contributed by atoms with van der Waals surface area (Å²) in [6.07, 6.45) is -3.26. The molecule has 1 aliphatic rings. The predicted molar refractivity (Wildman–Crippen MR) is 93.8 cm³/mol. The van der Waals surface area contributed by atoms with Gasteiger partial charge in [-0.05, 0) is 49.2 Å². The third kappa shape index (κ3) is 3.65. The summed E-state index contributed by atoms with van der Waals surface area (Å²) in [6, 6.07) is 9.72. The Labute approximate surface area is 150 Å². The Kier molecular flexibility index (Phi) is 4.22. The van der Waals surface area contributed by atoms with E-state index >= 15 is 0 Å². The van der Waals surface area contributed by atoms with Crippen molar-refractivity contribution >= 4 is 15.7 Å². The number of anilines is 1. The van der Waals surface area contributed by atoms with E-state index in [0.29, 0.717) is 22.6 Å². The van der Waals surface area contributed by atoms with E-state index in [1.807, 2.05) is 0 Å². The van der Waals surface area contributed by atoms with Gasteiger partial charge < -0.3 is 4.74 Å². The maximum absolute atomic E-state index is 12.7. The number of rotatable bonds is 2. The first-order valence-corrected chi connectivity index (χ1v) is 9.70. The lowest BCUT2D eigenvalue weighted by Gasteiger charge is -2.39. The molecule has 3 rings (SSSR count). The fourth-order valence-corrected chi connectivity index (χ4v) is 3.94. The van der Waals surface area contributed by atoms with Gasteiger partial charge in [0.15, 0.2) is 0 Å². The summed E-state index contributed by atoms with van der Waals surface area (Å²) in [6.45, 7) is 3.73. The molecule has 2 aromatic carbocycles. The molecule has 0 spiro atoms. The van der Waals surface area contributed by atoms with Crippen LogP contribution in [0.3, 0.4) is 0 Å². The van der Waals surface area contributed by atoms with Crippen molar-refractivity contribution in [3.63, 3.8) is 0 Å². The maximum atomic E-state index is 12.7. The number of fused-ring (bicyclic) bond motifs is 1. The third-order valence-electron chi connectivity index (χ3n) is 4.09. The van der Waals surface area contributed by atoms with Crippen molar-refractivity contribution in [2.75, 3.05) is 17.1 Å². The SMILES string of the molecule is CC1(C)CN(S(C)(=O)=O)c2ccc(-c3ccc(C(F)(F)F)cc3)cc2O1. The summed E-state index contributed by atoms with van der Waals surface area (Å²) >= 11 is 0. The van der Waals surface area contributed by atoms with E-state index in [-0.39, 0.29) is 6.54 Å². The maximum Gasteiger partial charge on any atom is 0.416 e. The minimum atomic E-state index is -4.39. The van der Waals surface area contributed by atoms with Crippen LogP contribution in [0.1, 0.15) is 19.4 Å². The smallest absolute Gasteiger partial charge is 0.416 e. The molecule has 0 aliphatic carbocycles. The van der Waals surface area contributed by atoms with E-state index in [0.717, 1.165) is 18.4 Å². The average Bonchev–Trinajstić information content (AvgIpc) is 2.51. The standard InChI is InChI=1S/C18H18F3NO3S/c1-17(2)11-22(26(3,23)24)15-9-6-13(10-16(15)25-17)12-4-7-14(8-5-12)18(19,20)21/h4-10H,11H2,1-3H3. The molecule has 1 heterocycles. The molecule has 140 valence electrons. The van der Waals surface area contributed by atoms with Gasteiger partial charge in [-0.15, -0.1) is 0 Å². The lowest BCUT2D eigenvalue weighted by molar-refractivity contribution is -0.137. The van der Waals surface area contributed by atoms with Gasteiger partial charge in [-0.1, -0.05) is 18.2 Å². The van der Waals surface area contributed by atoms with Gasteiger partial charge in [-0.25, -0.2) is 8.42 Å². The van der Waals surface area contributed by atoms with Crippen LogP contribution in [-0.2, 0) is 16.2 Å². The van der Waals surface area contributed by atoms with Crippen molar-refractivity contribution in [1.29, 1.82) is 0 Å².